The molecule has 0 fully saturated rings. The average Bonchev–Trinajstić information content (AvgIpc) is 2.26. The third-order valence-corrected chi connectivity index (χ3v) is 3.07. The molecule has 3 heteroatoms. The van der Waals surface area contributed by atoms with E-state index in [1.54, 1.807) is 7.11 Å². The third kappa shape index (κ3) is 4.64. The van der Waals surface area contributed by atoms with Crippen LogP contribution in [0.25, 0.3) is 0 Å². The van der Waals surface area contributed by atoms with Gasteiger partial charge in [0.2, 0.25) is 0 Å². The maximum absolute atomic E-state index is 5.11. The minimum atomic E-state index is 0.372. The Hall–Kier alpha value is -0.380. The number of halogens is 1. The van der Waals surface area contributed by atoms with Gasteiger partial charge in [0.15, 0.2) is 0 Å². The number of rotatable bonds is 6. The van der Waals surface area contributed by atoms with E-state index in [1.165, 1.54) is 5.56 Å². The molecule has 1 aromatic carbocycles. The summed E-state index contributed by atoms with van der Waals surface area (Å²) in [6.07, 6.45) is 0. The summed E-state index contributed by atoms with van der Waals surface area (Å²) in [7, 11) is 1.74. The lowest BCUT2D eigenvalue weighted by molar-refractivity contribution is 0.157. The van der Waals surface area contributed by atoms with Crippen LogP contribution >= 0.6 is 15.9 Å². The lowest BCUT2D eigenvalue weighted by atomic mass is 10.1. The standard InChI is InChI=1S/C13H20BrNO/c1-10(9-16-3)8-15-11(2)12-5-4-6-13(14)7-12/h4-7,10-11,15H,8-9H2,1-3H3/t10?,11-/m0/s1. The van der Waals surface area contributed by atoms with E-state index in [9.17, 15) is 0 Å². The van der Waals surface area contributed by atoms with Gasteiger partial charge in [-0.3, -0.25) is 0 Å². The minimum Gasteiger partial charge on any atom is -0.384 e. The number of methoxy groups -OCH3 is 1. The molecule has 0 aliphatic rings. The summed E-state index contributed by atoms with van der Waals surface area (Å²) in [4.78, 5) is 0. The smallest absolute Gasteiger partial charge is 0.0499 e. The Bertz CT molecular complexity index is 317. The van der Waals surface area contributed by atoms with E-state index in [0.717, 1.165) is 17.6 Å². The molecule has 0 amide bonds. The van der Waals surface area contributed by atoms with Crippen molar-refractivity contribution < 1.29 is 4.74 Å². The highest BCUT2D eigenvalue weighted by Gasteiger charge is 2.07. The first kappa shape index (κ1) is 13.7. The van der Waals surface area contributed by atoms with Gasteiger partial charge in [0.25, 0.3) is 0 Å². The van der Waals surface area contributed by atoms with Gasteiger partial charge >= 0.3 is 0 Å². The van der Waals surface area contributed by atoms with Crippen LogP contribution in [0, 0.1) is 5.92 Å². The lowest BCUT2D eigenvalue weighted by Gasteiger charge is -2.17. The highest BCUT2D eigenvalue weighted by molar-refractivity contribution is 9.10. The van der Waals surface area contributed by atoms with Crippen LogP contribution < -0.4 is 5.32 Å². The Labute approximate surface area is 107 Å². The van der Waals surface area contributed by atoms with Crippen molar-refractivity contribution in [2.24, 2.45) is 5.92 Å². The monoisotopic (exact) mass is 285 g/mol. The Morgan fingerprint density at radius 2 is 2.12 bits per heavy atom. The van der Waals surface area contributed by atoms with E-state index in [0.29, 0.717) is 12.0 Å². The van der Waals surface area contributed by atoms with E-state index < -0.39 is 0 Å². The van der Waals surface area contributed by atoms with Gasteiger partial charge in [0.05, 0.1) is 0 Å². The van der Waals surface area contributed by atoms with Crippen LogP contribution in [0.4, 0.5) is 0 Å². The molecule has 0 bridgehead atoms. The maximum atomic E-state index is 5.11. The fourth-order valence-electron chi connectivity index (χ4n) is 1.62. The molecule has 0 aliphatic carbocycles. The zero-order chi connectivity index (χ0) is 12.0. The molecule has 0 saturated heterocycles. The summed E-state index contributed by atoms with van der Waals surface area (Å²) in [5, 5.41) is 3.51. The van der Waals surface area contributed by atoms with Gasteiger partial charge in [-0.1, -0.05) is 35.0 Å². The van der Waals surface area contributed by atoms with E-state index in [2.05, 4.69) is 53.3 Å². The van der Waals surface area contributed by atoms with Crippen molar-refractivity contribution in [2.75, 3.05) is 20.3 Å². The van der Waals surface area contributed by atoms with Crippen molar-refractivity contribution in [3.63, 3.8) is 0 Å². The molecular weight excluding hydrogens is 266 g/mol. The first-order chi connectivity index (χ1) is 7.63. The molecule has 90 valence electrons. The van der Waals surface area contributed by atoms with Crippen LogP contribution in [0.2, 0.25) is 0 Å². The first-order valence-electron chi connectivity index (χ1n) is 5.61. The van der Waals surface area contributed by atoms with Gasteiger partial charge in [0.1, 0.15) is 0 Å². The number of nitrogens with one attached hydrogen (secondary N) is 1. The Morgan fingerprint density at radius 1 is 1.38 bits per heavy atom. The second-order valence-electron chi connectivity index (χ2n) is 4.25. The molecule has 1 N–H and O–H groups in total. The van der Waals surface area contributed by atoms with Gasteiger partial charge in [-0.05, 0) is 30.5 Å². The third-order valence-electron chi connectivity index (χ3n) is 2.57. The second kappa shape index (κ2) is 7.05. The van der Waals surface area contributed by atoms with Crippen molar-refractivity contribution in [3.05, 3.63) is 34.3 Å². The molecule has 0 aliphatic heterocycles. The van der Waals surface area contributed by atoms with E-state index >= 15 is 0 Å². The topological polar surface area (TPSA) is 21.3 Å². The van der Waals surface area contributed by atoms with E-state index in [4.69, 9.17) is 4.74 Å². The molecule has 0 spiro atoms. The Balaban J connectivity index is 2.43. The summed E-state index contributed by atoms with van der Waals surface area (Å²) >= 11 is 3.49. The molecule has 0 radical (unpaired) electrons. The fraction of sp³-hybridized carbons (Fsp3) is 0.538. The largest absolute Gasteiger partial charge is 0.384 e. The highest BCUT2D eigenvalue weighted by Crippen LogP contribution is 2.17. The number of ether oxygens (including phenoxy) is 1. The SMILES string of the molecule is COCC(C)CN[C@@H](C)c1cccc(Br)c1. The average molecular weight is 286 g/mol. The fourth-order valence-corrected chi connectivity index (χ4v) is 2.03. The van der Waals surface area contributed by atoms with Crippen molar-refractivity contribution in [1.82, 2.24) is 5.32 Å². The van der Waals surface area contributed by atoms with Gasteiger partial charge in [0, 0.05) is 30.8 Å². The molecule has 2 nitrogen and oxygen atoms in total. The molecule has 2 atom stereocenters. The van der Waals surface area contributed by atoms with Crippen LogP contribution in [0.3, 0.4) is 0 Å². The Kier molecular flexibility index (Phi) is 6.03. The van der Waals surface area contributed by atoms with Crippen LogP contribution in [0.1, 0.15) is 25.5 Å². The minimum absolute atomic E-state index is 0.372. The summed E-state index contributed by atoms with van der Waals surface area (Å²) in [5.41, 5.74) is 1.30. The maximum Gasteiger partial charge on any atom is 0.0499 e. The van der Waals surface area contributed by atoms with Gasteiger partial charge in [-0.2, -0.15) is 0 Å². The van der Waals surface area contributed by atoms with Crippen LogP contribution in [-0.2, 0) is 4.74 Å². The van der Waals surface area contributed by atoms with Crippen molar-refractivity contribution in [1.29, 1.82) is 0 Å². The van der Waals surface area contributed by atoms with Crippen LogP contribution in [0.15, 0.2) is 28.7 Å². The molecule has 0 aromatic heterocycles. The Morgan fingerprint density at radius 3 is 2.75 bits per heavy atom. The zero-order valence-corrected chi connectivity index (χ0v) is 11.8. The zero-order valence-electron chi connectivity index (χ0n) is 10.2. The first-order valence-corrected chi connectivity index (χ1v) is 6.40. The van der Waals surface area contributed by atoms with Crippen LogP contribution in [0.5, 0.6) is 0 Å². The van der Waals surface area contributed by atoms with Crippen LogP contribution in [-0.4, -0.2) is 20.3 Å². The van der Waals surface area contributed by atoms with Crippen molar-refractivity contribution in [3.8, 4) is 0 Å². The molecule has 1 rings (SSSR count). The molecule has 16 heavy (non-hydrogen) atoms. The summed E-state index contributed by atoms with van der Waals surface area (Å²) in [6, 6.07) is 8.78. The molecular formula is C13H20BrNO. The summed E-state index contributed by atoms with van der Waals surface area (Å²) in [6.45, 7) is 6.14. The van der Waals surface area contributed by atoms with Gasteiger partial charge < -0.3 is 10.1 Å². The second-order valence-corrected chi connectivity index (χ2v) is 5.16. The molecule has 1 unspecified atom stereocenters. The van der Waals surface area contributed by atoms with Gasteiger partial charge in [-0.15, -0.1) is 0 Å². The summed E-state index contributed by atoms with van der Waals surface area (Å²) in [5.74, 6) is 0.541. The normalized spacial score (nSPS) is 14.8. The predicted molar refractivity (Wildman–Crippen MR) is 71.6 cm³/mol. The number of benzene rings is 1. The van der Waals surface area contributed by atoms with Crippen molar-refractivity contribution in [2.45, 2.75) is 19.9 Å². The molecule has 1 aromatic rings. The molecule has 0 saturated carbocycles. The van der Waals surface area contributed by atoms with Gasteiger partial charge in [-0.25, -0.2) is 0 Å². The summed E-state index contributed by atoms with van der Waals surface area (Å²) < 4.78 is 6.24. The lowest BCUT2D eigenvalue weighted by Crippen LogP contribution is -2.26. The van der Waals surface area contributed by atoms with E-state index in [-0.39, 0.29) is 0 Å². The number of hydrogen-bond donors (Lipinski definition) is 1. The quantitative estimate of drug-likeness (QED) is 0.865. The van der Waals surface area contributed by atoms with E-state index in [1.807, 2.05) is 6.07 Å². The molecule has 0 heterocycles. The predicted octanol–water partition coefficient (Wildman–Crippen LogP) is 3.38. The highest BCUT2D eigenvalue weighted by atomic mass is 79.9. The van der Waals surface area contributed by atoms with Crippen molar-refractivity contribution >= 4 is 15.9 Å². The number of hydrogen-bond acceptors (Lipinski definition) is 2.